The molecule has 8 nitrogen and oxygen atoms in total. The van der Waals surface area contributed by atoms with Crippen LogP contribution in [0.25, 0.3) is 10.9 Å². The predicted molar refractivity (Wildman–Crippen MR) is 130 cm³/mol. The molecule has 2 aliphatic carbocycles. The van der Waals surface area contributed by atoms with Crippen LogP contribution in [0.15, 0.2) is 64.5 Å². The molecule has 178 valence electrons. The van der Waals surface area contributed by atoms with Gasteiger partial charge in [0.15, 0.2) is 0 Å². The number of nitrogens with zero attached hydrogens (tertiary/aromatic N) is 2. The molecule has 2 aromatic carbocycles. The Bertz CT molecular complexity index is 1380. The van der Waals surface area contributed by atoms with Gasteiger partial charge in [0.05, 0.1) is 22.1 Å². The van der Waals surface area contributed by atoms with Crippen LogP contribution in [-0.2, 0) is 21.4 Å². The number of aromatic nitrogens is 2. The van der Waals surface area contributed by atoms with Crippen molar-refractivity contribution >= 4 is 32.5 Å². The molecule has 0 saturated heterocycles. The highest BCUT2D eigenvalue weighted by Gasteiger charge is 2.42. The molecule has 1 heterocycles. The first-order chi connectivity index (χ1) is 16.3. The summed E-state index contributed by atoms with van der Waals surface area (Å²) in [7, 11) is -3.65. The van der Waals surface area contributed by atoms with Crippen molar-refractivity contribution < 1.29 is 13.2 Å². The van der Waals surface area contributed by atoms with Crippen LogP contribution in [0.5, 0.6) is 0 Å². The first-order valence-electron chi connectivity index (χ1n) is 11.7. The highest BCUT2D eigenvalue weighted by atomic mass is 32.2. The third kappa shape index (κ3) is 4.50. The van der Waals surface area contributed by atoms with Gasteiger partial charge in [-0.05, 0) is 80.3 Å². The number of carbonyl (C=O) groups excluding carboxylic acids is 1. The minimum Gasteiger partial charge on any atom is -0.325 e. The molecular weight excluding hydrogens is 452 g/mol. The van der Waals surface area contributed by atoms with E-state index < -0.39 is 15.9 Å². The van der Waals surface area contributed by atoms with Gasteiger partial charge in [-0.1, -0.05) is 18.6 Å². The molecule has 0 aliphatic heterocycles. The highest BCUT2D eigenvalue weighted by molar-refractivity contribution is 7.89. The fourth-order valence-electron chi connectivity index (χ4n) is 5.60. The molecule has 0 radical (unpaired) electrons. The molecule has 2 aliphatic rings. The zero-order valence-electron chi connectivity index (χ0n) is 19.0. The number of hydrogen-bond donors (Lipinski definition) is 2. The smallest absolute Gasteiger partial charge is 0.261 e. The van der Waals surface area contributed by atoms with Crippen molar-refractivity contribution in [1.29, 1.82) is 0 Å². The predicted octanol–water partition coefficient (Wildman–Crippen LogP) is 3.14. The van der Waals surface area contributed by atoms with E-state index in [2.05, 4.69) is 15.0 Å². The number of para-hydroxylation sites is 1. The minimum absolute atomic E-state index is 0.103. The van der Waals surface area contributed by atoms with Crippen LogP contribution in [-0.4, -0.2) is 29.9 Å². The molecule has 3 aromatic rings. The van der Waals surface area contributed by atoms with E-state index in [1.165, 1.54) is 42.3 Å². The third-order valence-corrected chi connectivity index (χ3v) is 8.84. The van der Waals surface area contributed by atoms with E-state index in [1.807, 2.05) is 6.92 Å². The number of rotatable bonds is 7. The fourth-order valence-corrected chi connectivity index (χ4v) is 6.89. The maximum absolute atomic E-state index is 12.9. The molecule has 2 fully saturated rings. The van der Waals surface area contributed by atoms with E-state index in [0.717, 1.165) is 12.3 Å². The van der Waals surface area contributed by atoms with Gasteiger partial charge >= 0.3 is 0 Å². The van der Waals surface area contributed by atoms with Gasteiger partial charge in [0.2, 0.25) is 15.9 Å². The minimum atomic E-state index is -3.65. The Balaban J connectivity index is 1.22. The van der Waals surface area contributed by atoms with Gasteiger partial charge in [-0.25, -0.2) is 18.1 Å². The van der Waals surface area contributed by atoms with Crippen LogP contribution in [0.4, 0.5) is 5.69 Å². The number of nitrogens with one attached hydrogen (secondary N) is 2. The van der Waals surface area contributed by atoms with Gasteiger partial charge in [-0.2, -0.15) is 0 Å². The lowest BCUT2D eigenvalue weighted by molar-refractivity contribution is -0.116. The lowest BCUT2D eigenvalue weighted by atomic mass is 9.84. The molecule has 0 unspecified atom stereocenters. The maximum atomic E-state index is 12.9. The molecule has 1 amide bonds. The Kier molecular flexibility index (Phi) is 5.99. The van der Waals surface area contributed by atoms with Gasteiger partial charge in [-0.15, -0.1) is 0 Å². The van der Waals surface area contributed by atoms with Crippen LogP contribution in [0.3, 0.4) is 0 Å². The molecule has 2 saturated carbocycles. The number of anilines is 1. The van der Waals surface area contributed by atoms with E-state index in [0.29, 0.717) is 28.4 Å². The Morgan fingerprint density at radius 2 is 1.88 bits per heavy atom. The monoisotopic (exact) mass is 480 g/mol. The van der Waals surface area contributed by atoms with Crippen LogP contribution in [0, 0.1) is 17.8 Å². The van der Waals surface area contributed by atoms with E-state index in [-0.39, 0.29) is 23.0 Å². The summed E-state index contributed by atoms with van der Waals surface area (Å²) in [6.45, 7) is 1.76. The molecule has 4 atom stereocenters. The zero-order chi connectivity index (χ0) is 23.9. The number of amides is 1. The summed E-state index contributed by atoms with van der Waals surface area (Å²) in [5.74, 6) is 1.38. The summed E-state index contributed by atoms with van der Waals surface area (Å²) in [6.07, 6.45) is 6.17. The first kappa shape index (κ1) is 22.7. The van der Waals surface area contributed by atoms with Gasteiger partial charge < -0.3 is 5.32 Å². The molecule has 9 heteroatoms. The van der Waals surface area contributed by atoms with Crippen LogP contribution in [0.2, 0.25) is 0 Å². The van der Waals surface area contributed by atoms with Crippen molar-refractivity contribution in [2.45, 2.75) is 50.1 Å². The van der Waals surface area contributed by atoms with Crippen LogP contribution in [0.1, 0.15) is 32.6 Å². The average Bonchev–Trinajstić information content (AvgIpc) is 3.45. The second-order valence-electron chi connectivity index (χ2n) is 9.52. The Labute approximate surface area is 198 Å². The number of hydrogen-bond acceptors (Lipinski definition) is 5. The topological polar surface area (TPSA) is 110 Å². The van der Waals surface area contributed by atoms with E-state index in [1.54, 1.807) is 36.4 Å². The average molecular weight is 481 g/mol. The van der Waals surface area contributed by atoms with Gasteiger partial charge in [0.25, 0.3) is 5.56 Å². The standard InChI is InChI=1S/C25H28N4O4S/c1-16(22-13-17-6-7-18(22)12-17)28-34(32,33)20-10-8-19(9-11-20)27-24(30)14-29-15-26-23-5-3-2-4-21(23)25(29)31/h2-5,8-11,15-18,22,28H,6-7,12-14H2,1H3,(H,27,30)/t16-,17-,18-,22-/m0/s1. The second-order valence-corrected chi connectivity index (χ2v) is 11.2. The Morgan fingerprint density at radius 3 is 2.59 bits per heavy atom. The summed E-state index contributed by atoms with van der Waals surface area (Å²) in [6, 6.07) is 12.9. The summed E-state index contributed by atoms with van der Waals surface area (Å²) in [5.41, 5.74) is 0.731. The van der Waals surface area contributed by atoms with E-state index >= 15 is 0 Å². The van der Waals surface area contributed by atoms with Crippen molar-refractivity contribution in [3.63, 3.8) is 0 Å². The number of benzene rings is 2. The van der Waals surface area contributed by atoms with Crippen molar-refractivity contribution in [2.75, 3.05) is 5.32 Å². The number of carbonyl (C=O) groups is 1. The fraction of sp³-hybridized carbons (Fsp3) is 0.400. The largest absolute Gasteiger partial charge is 0.325 e. The third-order valence-electron chi connectivity index (χ3n) is 7.27. The van der Waals surface area contributed by atoms with Gasteiger partial charge in [0, 0.05) is 11.7 Å². The molecule has 34 heavy (non-hydrogen) atoms. The second kappa shape index (κ2) is 8.96. The van der Waals surface area contributed by atoms with Gasteiger partial charge in [-0.3, -0.25) is 14.2 Å². The zero-order valence-corrected chi connectivity index (χ0v) is 19.8. The maximum Gasteiger partial charge on any atom is 0.261 e. The quantitative estimate of drug-likeness (QED) is 0.540. The van der Waals surface area contributed by atoms with Crippen molar-refractivity contribution in [1.82, 2.24) is 14.3 Å². The van der Waals surface area contributed by atoms with Crippen molar-refractivity contribution in [3.8, 4) is 0 Å². The summed E-state index contributed by atoms with van der Waals surface area (Å²) >= 11 is 0. The lowest BCUT2D eigenvalue weighted by Crippen LogP contribution is -2.40. The SMILES string of the molecule is C[C@H](NS(=O)(=O)c1ccc(NC(=O)Cn2cnc3ccccc3c2=O)cc1)[C@@H]1C[C@H]2CC[C@H]1C2. The number of sulfonamides is 1. The lowest BCUT2D eigenvalue weighted by Gasteiger charge is -2.28. The molecule has 2 bridgehead atoms. The molecule has 2 N–H and O–H groups in total. The summed E-state index contributed by atoms with van der Waals surface area (Å²) in [5, 5.41) is 3.15. The summed E-state index contributed by atoms with van der Waals surface area (Å²) in [4.78, 5) is 29.4. The summed E-state index contributed by atoms with van der Waals surface area (Å²) < 4.78 is 29.9. The van der Waals surface area contributed by atoms with E-state index in [4.69, 9.17) is 0 Å². The molecular formula is C25H28N4O4S. The molecule has 5 rings (SSSR count). The van der Waals surface area contributed by atoms with E-state index in [9.17, 15) is 18.0 Å². The first-order valence-corrected chi connectivity index (χ1v) is 13.1. The Hall–Kier alpha value is -3.04. The highest BCUT2D eigenvalue weighted by Crippen LogP contribution is 2.49. The number of fused-ring (bicyclic) bond motifs is 3. The normalized spacial score (nSPS) is 22.7. The van der Waals surface area contributed by atoms with Crippen molar-refractivity contribution in [3.05, 3.63) is 65.2 Å². The van der Waals surface area contributed by atoms with Crippen LogP contribution >= 0.6 is 0 Å². The Morgan fingerprint density at radius 1 is 1.12 bits per heavy atom. The van der Waals surface area contributed by atoms with Gasteiger partial charge in [0.1, 0.15) is 6.54 Å². The van der Waals surface area contributed by atoms with Crippen LogP contribution < -0.4 is 15.6 Å². The molecule has 0 spiro atoms. The molecule has 1 aromatic heterocycles. The van der Waals surface area contributed by atoms with Crippen molar-refractivity contribution in [2.24, 2.45) is 17.8 Å².